The van der Waals surface area contributed by atoms with E-state index in [1.54, 1.807) is 0 Å². The molecule has 2 N–H and O–H groups in total. The minimum Gasteiger partial charge on any atom is -0.469 e. The number of hydrogen-bond donors (Lipinski definition) is 2. The molecule has 7 heteroatoms. The summed E-state index contributed by atoms with van der Waals surface area (Å²) < 4.78 is 5.71. The average Bonchev–Trinajstić information content (AvgIpc) is 2.61. The maximum atomic E-state index is 12.3. The fourth-order valence-corrected chi connectivity index (χ4v) is 3.23. The van der Waals surface area contributed by atoms with Crippen LogP contribution in [0.2, 0.25) is 0 Å². The first-order valence-corrected chi connectivity index (χ1v) is 9.20. The average molecular weight is 434 g/mol. The second-order valence-corrected chi connectivity index (χ2v) is 7.10. The molecule has 1 amide bonds. The van der Waals surface area contributed by atoms with Crippen LogP contribution >= 0.6 is 28.3 Å². The Morgan fingerprint density at radius 3 is 2.52 bits per heavy atom. The minimum absolute atomic E-state index is 0. The highest BCUT2D eigenvalue weighted by Crippen LogP contribution is 2.22. The number of piperidine rings is 1. The van der Waals surface area contributed by atoms with Gasteiger partial charge in [-0.05, 0) is 56.0 Å². The van der Waals surface area contributed by atoms with Gasteiger partial charge in [0, 0.05) is 10.9 Å². The Morgan fingerprint density at radius 1 is 1.28 bits per heavy atom. The minimum atomic E-state index is -0.355. The molecule has 1 unspecified atom stereocenters. The van der Waals surface area contributed by atoms with Gasteiger partial charge in [0.05, 0.1) is 19.6 Å². The number of halogens is 2. The monoisotopic (exact) mass is 432 g/mol. The van der Waals surface area contributed by atoms with E-state index >= 15 is 0 Å². The normalized spacial score (nSPS) is 15.8. The lowest BCUT2D eigenvalue weighted by Crippen LogP contribution is -2.32. The van der Waals surface area contributed by atoms with Crippen molar-refractivity contribution in [2.45, 2.75) is 38.1 Å². The molecule has 0 radical (unpaired) electrons. The Morgan fingerprint density at radius 2 is 1.92 bits per heavy atom. The van der Waals surface area contributed by atoms with Crippen LogP contribution < -0.4 is 10.6 Å². The van der Waals surface area contributed by atoms with Gasteiger partial charge in [-0.1, -0.05) is 28.1 Å². The van der Waals surface area contributed by atoms with Crippen LogP contribution in [0.15, 0.2) is 28.7 Å². The number of carbonyl (C=O) groups excluding carboxylic acids is 2. The van der Waals surface area contributed by atoms with Gasteiger partial charge in [0.1, 0.15) is 0 Å². The van der Waals surface area contributed by atoms with Crippen molar-refractivity contribution < 1.29 is 14.3 Å². The SMILES string of the molecule is COC(=O)CC(NC(=O)CCC1CCNCC1)c1ccc(Br)cc1.Cl. The molecule has 1 heterocycles. The number of nitrogens with one attached hydrogen (secondary N) is 2. The molecular formula is C18H26BrClN2O3. The maximum absolute atomic E-state index is 12.3. The third kappa shape index (κ3) is 7.75. The molecule has 0 saturated carbocycles. The van der Waals surface area contributed by atoms with Gasteiger partial charge in [0.25, 0.3) is 0 Å². The summed E-state index contributed by atoms with van der Waals surface area (Å²) in [6.45, 7) is 2.08. The van der Waals surface area contributed by atoms with Crippen LogP contribution in [0.25, 0.3) is 0 Å². The Hall–Kier alpha value is -1.11. The zero-order chi connectivity index (χ0) is 17.4. The molecule has 1 aliphatic heterocycles. The third-order valence-corrected chi connectivity index (χ3v) is 4.97. The van der Waals surface area contributed by atoms with Gasteiger partial charge < -0.3 is 15.4 Å². The quantitative estimate of drug-likeness (QED) is 0.647. The number of hydrogen-bond acceptors (Lipinski definition) is 4. The number of rotatable bonds is 7. The molecule has 0 bridgehead atoms. The zero-order valence-electron chi connectivity index (χ0n) is 14.4. The number of carbonyl (C=O) groups is 2. The maximum Gasteiger partial charge on any atom is 0.307 e. The van der Waals surface area contributed by atoms with Crippen molar-refractivity contribution in [3.63, 3.8) is 0 Å². The van der Waals surface area contributed by atoms with E-state index in [0.29, 0.717) is 12.3 Å². The number of esters is 1. The van der Waals surface area contributed by atoms with E-state index in [4.69, 9.17) is 4.74 Å². The van der Waals surface area contributed by atoms with Crippen molar-refractivity contribution in [1.29, 1.82) is 0 Å². The van der Waals surface area contributed by atoms with E-state index in [9.17, 15) is 9.59 Å². The van der Waals surface area contributed by atoms with E-state index in [2.05, 4.69) is 26.6 Å². The summed E-state index contributed by atoms with van der Waals surface area (Å²) >= 11 is 3.39. The number of ether oxygens (including phenoxy) is 1. The highest BCUT2D eigenvalue weighted by Gasteiger charge is 2.20. The molecule has 0 spiro atoms. The fourth-order valence-electron chi connectivity index (χ4n) is 2.97. The third-order valence-electron chi connectivity index (χ3n) is 4.44. The van der Waals surface area contributed by atoms with Crippen LogP contribution in [0, 0.1) is 5.92 Å². The molecule has 25 heavy (non-hydrogen) atoms. The van der Waals surface area contributed by atoms with E-state index in [-0.39, 0.29) is 36.7 Å². The Bertz CT molecular complexity index is 548. The van der Waals surface area contributed by atoms with Crippen LogP contribution in [0.5, 0.6) is 0 Å². The van der Waals surface area contributed by atoms with Crippen molar-refractivity contribution in [1.82, 2.24) is 10.6 Å². The Balaban J connectivity index is 0.00000312. The van der Waals surface area contributed by atoms with Crippen molar-refractivity contribution >= 4 is 40.2 Å². The Kier molecular flexibility index (Phi) is 10.1. The first kappa shape index (κ1) is 21.9. The van der Waals surface area contributed by atoms with Crippen LogP contribution in [0.4, 0.5) is 0 Å². The van der Waals surface area contributed by atoms with Crippen LogP contribution in [-0.2, 0) is 14.3 Å². The van der Waals surface area contributed by atoms with Crippen LogP contribution in [0.1, 0.15) is 43.7 Å². The largest absolute Gasteiger partial charge is 0.469 e. The lowest BCUT2D eigenvalue weighted by molar-refractivity contribution is -0.141. The van der Waals surface area contributed by atoms with E-state index in [1.165, 1.54) is 7.11 Å². The molecule has 5 nitrogen and oxygen atoms in total. The highest BCUT2D eigenvalue weighted by molar-refractivity contribution is 9.10. The molecule has 140 valence electrons. The summed E-state index contributed by atoms with van der Waals surface area (Å²) in [6.07, 6.45) is 3.80. The molecule has 1 atom stereocenters. The molecule has 1 fully saturated rings. The van der Waals surface area contributed by atoms with E-state index < -0.39 is 0 Å². The van der Waals surface area contributed by atoms with Gasteiger partial charge in [-0.2, -0.15) is 0 Å². The van der Waals surface area contributed by atoms with E-state index in [0.717, 1.165) is 42.4 Å². The Labute approximate surface area is 163 Å². The smallest absolute Gasteiger partial charge is 0.307 e. The van der Waals surface area contributed by atoms with E-state index in [1.807, 2.05) is 24.3 Å². The summed E-state index contributed by atoms with van der Waals surface area (Å²) in [5.41, 5.74) is 0.902. The lowest BCUT2D eigenvalue weighted by Gasteiger charge is -2.23. The lowest BCUT2D eigenvalue weighted by atomic mass is 9.93. The van der Waals surface area contributed by atoms with Gasteiger partial charge >= 0.3 is 5.97 Å². The van der Waals surface area contributed by atoms with Gasteiger partial charge in [0.15, 0.2) is 0 Å². The van der Waals surface area contributed by atoms with Gasteiger partial charge in [-0.15, -0.1) is 12.4 Å². The van der Waals surface area contributed by atoms with Crippen molar-refractivity contribution in [2.24, 2.45) is 5.92 Å². The standard InChI is InChI=1S/C18H25BrN2O3.ClH/c1-24-18(23)12-16(14-3-5-15(19)6-4-14)21-17(22)7-2-13-8-10-20-11-9-13;/h3-6,13,16,20H,2,7-12H2,1H3,(H,21,22);1H. The van der Waals surface area contributed by atoms with Crippen molar-refractivity contribution in [3.8, 4) is 0 Å². The first-order chi connectivity index (χ1) is 11.6. The zero-order valence-corrected chi connectivity index (χ0v) is 16.8. The molecule has 1 saturated heterocycles. The second kappa shape index (κ2) is 11.5. The number of amides is 1. The molecule has 1 aromatic carbocycles. The number of benzene rings is 1. The molecule has 0 aliphatic carbocycles. The van der Waals surface area contributed by atoms with Crippen molar-refractivity contribution in [2.75, 3.05) is 20.2 Å². The summed E-state index contributed by atoms with van der Waals surface area (Å²) in [7, 11) is 1.36. The summed E-state index contributed by atoms with van der Waals surface area (Å²) in [4.78, 5) is 24.0. The predicted molar refractivity (Wildman–Crippen MR) is 104 cm³/mol. The predicted octanol–water partition coefficient (Wildman–Crippen LogP) is 3.37. The van der Waals surface area contributed by atoms with Gasteiger partial charge in [0.2, 0.25) is 5.91 Å². The molecule has 0 aromatic heterocycles. The van der Waals surface area contributed by atoms with Gasteiger partial charge in [-0.25, -0.2) is 0 Å². The molecular weight excluding hydrogens is 408 g/mol. The summed E-state index contributed by atoms with van der Waals surface area (Å²) in [5, 5.41) is 6.32. The molecule has 1 aliphatic rings. The summed E-state index contributed by atoms with van der Waals surface area (Å²) in [6, 6.07) is 7.27. The van der Waals surface area contributed by atoms with Crippen molar-refractivity contribution in [3.05, 3.63) is 34.3 Å². The topological polar surface area (TPSA) is 67.4 Å². The van der Waals surface area contributed by atoms with Crippen LogP contribution in [-0.4, -0.2) is 32.1 Å². The van der Waals surface area contributed by atoms with Gasteiger partial charge in [-0.3, -0.25) is 9.59 Å². The molecule has 2 rings (SSSR count). The van der Waals surface area contributed by atoms with Crippen LogP contribution in [0.3, 0.4) is 0 Å². The second-order valence-electron chi connectivity index (χ2n) is 6.18. The molecule has 1 aromatic rings. The summed E-state index contributed by atoms with van der Waals surface area (Å²) in [5.74, 6) is 0.274. The fraction of sp³-hybridized carbons (Fsp3) is 0.556. The number of methoxy groups -OCH3 is 1. The highest BCUT2D eigenvalue weighted by atomic mass is 79.9. The first-order valence-electron chi connectivity index (χ1n) is 8.41.